The van der Waals surface area contributed by atoms with Crippen molar-refractivity contribution in [3.05, 3.63) is 35.6 Å². The maximum Gasteiger partial charge on any atom is 0.311 e. The van der Waals surface area contributed by atoms with E-state index in [2.05, 4.69) is 6.92 Å². The summed E-state index contributed by atoms with van der Waals surface area (Å²) in [6.07, 6.45) is 1.72. The van der Waals surface area contributed by atoms with Crippen LogP contribution < -0.4 is 0 Å². The van der Waals surface area contributed by atoms with Crippen LogP contribution in [-0.4, -0.2) is 48.2 Å². The minimum absolute atomic E-state index is 0.0223. The van der Waals surface area contributed by atoms with Gasteiger partial charge in [-0.05, 0) is 38.8 Å². The molecule has 0 spiro atoms. The number of rotatable bonds is 5. The molecule has 2 aromatic rings. The summed E-state index contributed by atoms with van der Waals surface area (Å²) in [5, 5.41) is 0.902. The summed E-state index contributed by atoms with van der Waals surface area (Å²) in [4.78, 5) is 26.6. The average Bonchev–Trinajstić information content (AvgIpc) is 3.01. The lowest BCUT2D eigenvalue weighted by Gasteiger charge is -2.36. The highest BCUT2D eigenvalue weighted by Gasteiger charge is 2.30. The Bertz CT molecular complexity index is 817. The molecule has 3 atom stereocenters. The molecule has 2 heterocycles. The maximum atomic E-state index is 12.6. The van der Waals surface area contributed by atoms with E-state index < -0.39 is 12.1 Å². The molecule has 146 valence electrons. The molecule has 1 aliphatic heterocycles. The van der Waals surface area contributed by atoms with E-state index in [1.54, 1.807) is 18.1 Å². The molecular formula is C21H27NO5. The summed E-state index contributed by atoms with van der Waals surface area (Å²) < 4.78 is 16.6. The standard InChI is InChI=1S/C21H27NO5/c1-5-16-6-7-18-17(12-25-19(18)8-16)9-20(23)27-15(4)21(24)22-10-13(2)26-14(3)11-22/h6-8,12-15H,5,9-11H2,1-4H3/t13-,14-,15-/m1/s1. The second kappa shape index (κ2) is 8.13. The molecule has 1 amide bonds. The summed E-state index contributed by atoms with van der Waals surface area (Å²) in [5.41, 5.74) is 2.71. The fourth-order valence-electron chi connectivity index (χ4n) is 3.54. The van der Waals surface area contributed by atoms with Gasteiger partial charge < -0.3 is 18.8 Å². The van der Waals surface area contributed by atoms with Crippen LogP contribution in [0.25, 0.3) is 11.0 Å². The quantitative estimate of drug-likeness (QED) is 0.753. The third kappa shape index (κ3) is 4.50. The smallest absolute Gasteiger partial charge is 0.311 e. The van der Waals surface area contributed by atoms with Crippen molar-refractivity contribution in [2.24, 2.45) is 0 Å². The molecule has 0 saturated carbocycles. The average molecular weight is 373 g/mol. The zero-order chi connectivity index (χ0) is 19.6. The number of aryl methyl sites for hydroxylation is 1. The monoisotopic (exact) mass is 373 g/mol. The van der Waals surface area contributed by atoms with Gasteiger partial charge in [0.15, 0.2) is 6.10 Å². The van der Waals surface area contributed by atoms with Crippen molar-refractivity contribution in [1.29, 1.82) is 0 Å². The lowest BCUT2D eigenvalue weighted by Crippen LogP contribution is -2.51. The van der Waals surface area contributed by atoms with Crippen molar-refractivity contribution >= 4 is 22.8 Å². The molecule has 6 nitrogen and oxygen atoms in total. The van der Waals surface area contributed by atoms with Gasteiger partial charge in [0.25, 0.3) is 5.91 Å². The highest BCUT2D eigenvalue weighted by molar-refractivity contribution is 5.88. The molecule has 0 bridgehead atoms. The third-order valence-corrected chi connectivity index (χ3v) is 4.85. The van der Waals surface area contributed by atoms with Crippen LogP contribution in [0.3, 0.4) is 0 Å². The number of ether oxygens (including phenoxy) is 2. The van der Waals surface area contributed by atoms with Crippen LogP contribution in [0.15, 0.2) is 28.9 Å². The van der Waals surface area contributed by atoms with Gasteiger partial charge >= 0.3 is 5.97 Å². The van der Waals surface area contributed by atoms with E-state index in [-0.39, 0.29) is 24.5 Å². The Morgan fingerprint density at radius 3 is 2.63 bits per heavy atom. The van der Waals surface area contributed by atoms with Crippen molar-refractivity contribution in [3.8, 4) is 0 Å². The number of nitrogens with zero attached hydrogens (tertiary/aromatic N) is 1. The van der Waals surface area contributed by atoms with Gasteiger partial charge in [0.2, 0.25) is 0 Å². The first-order valence-electron chi connectivity index (χ1n) is 9.50. The molecule has 1 fully saturated rings. The number of fused-ring (bicyclic) bond motifs is 1. The summed E-state index contributed by atoms with van der Waals surface area (Å²) >= 11 is 0. The van der Waals surface area contributed by atoms with Crippen LogP contribution in [-0.2, 0) is 31.9 Å². The number of benzene rings is 1. The van der Waals surface area contributed by atoms with Gasteiger partial charge in [-0.1, -0.05) is 19.1 Å². The highest BCUT2D eigenvalue weighted by Crippen LogP contribution is 2.23. The Balaban J connectivity index is 1.61. The van der Waals surface area contributed by atoms with Crippen LogP contribution in [0.1, 0.15) is 38.8 Å². The first-order chi connectivity index (χ1) is 12.9. The third-order valence-electron chi connectivity index (χ3n) is 4.85. The molecule has 0 unspecified atom stereocenters. The van der Waals surface area contributed by atoms with Crippen LogP contribution >= 0.6 is 0 Å². The molecule has 1 aromatic carbocycles. The summed E-state index contributed by atoms with van der Waals surface area (Å²) in [6.45, 7) is 8.58. The van der Waals surface area contributed by atoms with Crippen LogP contribution in [0, 0.1) is 0 Å². The topological polar surface area (TPSA) is 69.0 Å². The van der Waals surface area contributed by atoms with E-state index in [9.17, 15) is 9.59 Å². The lowest BCUT2D eigenvalue weighted by atomic mass is 10.1. The highest BCUT2D eigenvalue weighted by atomic mass is 16.5. The van der Waals surface area contributed by atoms with E-state index in [1.165, 1.54) is 5.56 Å². The molecule has 1 aromatic heterocycles. The molecule has 0 N–H and O–H groups in total. The predicted molar refractivity (Wildman–Crippen MR) is 101 cm³/mol. The maximum absolute atomic E-state index is 12.6. The number of furan rings is 1. The first kappa shape index (κ1) is 19.4. The van der Waals surface area contributed by atoms with Crippen LogP contribution in [0.2, 0.25) is 0 Å². The number of morpholine rings is 1. The molecule has 0 radical (unpaired) electrons. The van der Waals surface area contributed by atoms with Gasteiger partial charge in [0, 0.05) is 24.0 Å². The van der Waals surface area contributed by atoms with E-state index >= 15 is 0 Å². The van der Waals surface area contributed by atoms with Crippen molar-refractivity contribution < 1.29 is 23.5 Å². The van der Waals surface area contributed by atoms with Crippen molar-refractivity contribution in [2.75, 3.05) is 13.1 Å². The van der Waals surface area contributed by atoms with Crippen LogP contribution in [0.4, 0.5) is 0 Å². The number of amides is 1. The molecule has 3 rings (SSSR count). The fraction of sp³-hybridized carbons (Fsp3) is 0.524. The first-order valence-corrected chi connectivity index (χ1v) is 9.50. The Morgan fingerprint density at radius 2 is 1.96 bits per heavy atom. The molecule has 1 saturated heterocycles. The van der Waals surface area contributed by atoms with Gasteiger partial charge in [-0.25, -0.2) is 0 Å². The van der Waals surface area contributed by atoms with E-state index in [0.29, 0.717) is 13.1 Å². The summed E-state index contributed by atoms with van der Waals surface area (Å²) in [6, 6.07) is 5.97. The lowest BCUT2D eigenvalue weighted by molar-refractivity contribution is -0.164. The Labute approximate surface area is 159 Å². The number of carbonyl (C=O) groups excluding carboxylic acids is 2. The van der Waals surface area contributed by atoms with Gasteiger partial charge in [-0.15, -0.1) is 0 Å². The second-order valence-corrected chi connectivity index (χ2v) is 7.25. The van der Waals surface area contributed by atoms with Gasteiger partial charge in [-0.3, -0.25) is 9.59 Å². The van der Waals surface area contributed by atoms with Crippen LogP contribution in [0.5, 0.6) is 0 Å². The van der Waals surface area contributed by atoms with Gasteiger partial charge in [0.1, 0.15) is 5.58 Å². The normalized spacial score (nSPS) is 21.3. The summed E-state index contributed by atoms with van der Waals surface area (Å²) in [7, 11) is 0. The second-order valence-electron chi connectivity index (χ2n) is 7.25. The predicted octanol–water partition coefficient (Wildman–Crippen LogP) is 3.11. The minimum Gasteiger partial charge on any atom is -0.464 e. The molecule has 1 aliphatic rings. The Morgan fingerprint density at radius 1 is 1.26 bits per heavy atom. The number of hydrogen-bond acceptors (Lipinski definition) is 5. The zero-order valence-corrected chi connectivity index (χ0v) is 16.4. The van der Waals surface area contributed by atoms with Gasteiger partial charge in [0.05, 0.1) is 24.9 Å². The van der Waals surface area contributed by atoms with E-state index in [4.69, 9.17) is 13.9 Å². The van der Waals surface area contributed by atoms with Crippen molar-refractivity contribution in [2.45, 2.75) is 58.8 Å². The van der Waals surface area contributed by atoms with Gasteiger partial charge in [-0.2, -0.15) is 0 Å². The van der Waals surface area contributed by atoms with E-state index in [1.807, 2.05) is 32.0 Å². The Kier molecular flexibility index (Phi) is 5.85. The number of esters is 1. The van der Waals surface area contributed by atoms with E-state index in [0.717, 1.165) is 23.0 Å². The molecular weight excluding hydrogens is 346 g/mol. The fourth-order valence-corrected chi connectivity index (χ4v) is 3.54. The SMILES string of the molecule is CCc1ccc2c(CC(=O)O[C@H](C)C(=O)N3C[C@@H](C)O[C@H](C)C3)coc2c1. The number of hydrogen-bond donors (Lipinski definition) is 0. The van der Waals surface area contributed by atoms with Crippen molar-refractivity contribution in [3.63, 3.8) is 0 Å². The molecule has 27 heavy (non-hydrogen) atoms. The van der Waals surface area contributed by atoms with Crippen molar-refractivity contribution in [1.82, 2.24) is 4.90 Å². The molecule has 0 aliphatic carbocycles. The molecule has 6 heteroatoms. The number of carbonyl (C=O) groups is 2. The largest absolute Gasteiger partial charge is 0.464 e. The zero-order valence-electron chi connectivity index (χ0n) is 16.4. The summed E-state index contributed by atoms with van der Waals surface area (Å²) in [5.74, 6) is -0.623. The minimum atomic E-state index is -0.820. The Hall–Kier alpha value is -2.34.